The second-order valence-electron chi connectivity index (χ2n) is 2.74. The Morgan fingerprint density at radius 3 is 2.42 bits per heavy atom. The molecule has 0 aromatic heterocycles. The summed E-state index contributed by atoms with van der Waals surface area (Å²) >= 11 is 0. The summed E-state index contributed by atoms with van der Waals surface area (Å²) < 4.78 is 5.50. The quantitative estimate of drug-likeness (QED) is 0.358. The van der Waals surface area contributed by atoms with Gasteiger partial charge in [-0.05, 0) is 26.8 Å². The molecule has 0 rings (SSSR count). The van der Waals surface area contributed by atoms with Crippen molar-refractivity contribution in [1.82, 2.24) is 0 Å². The van der Waals surface area contributed by atoms with Gasteiger partial charge in [0.15, 0.2) is 0 Å². The highest BCUT2D eigenvalue weighted by Gasteiger charge is 2.02. The predicted octanol–water partition coefficient (Wildman–Crippen LogP) is 2.57. The van der Waals surface area contributed by atoms with Crippen molar-refractivity contribution in [2.45, 2.75) is 26.9 Å². The first-order valence-electron chi connectivity index (χ1n) is 4.05. The molecule has 0 aliphatic heterocycles. The molecule has 12 heavy (non-hydrogen) atoms. The number of nitrogens with zero attached hydrogens (tertiary/aromatic N) is 1. The fourth-order valence-electron chi connectivity index (χ4n) is 0.716. The van der Waals surface area contributed by atoms with Crippen LogP contribution in [0.15, 0.2) is 29.5 Å². The fourth-order valence-corrected chi connectivity index (χ4v) is 0.716. The lowest BCUT2D eigenvalue weighted by Gasteiger charge is -2.12. The number of aliphatic imine (C=N–C) groups is 1. The first kappa shape index (κ1) is 11.0. The van der Waals surface area contributed by atoms with E-state index in [9.17, 15) is 0 Å². The zero-order valence-electron chi connectivity index (χ0n) is 8.29. The molecule has 0 unspecified atom stereocenters. The van der Waals surface area contributed by atoms with Crippen LogP contribution < -0.4 is 0 Å². The third-order valence-electron chi connectivity index (χ3n) is 1.32. The summed E-state index contributed by atoms with van der Waals surface area (Å²) in [7, 11) is 1.75. The molecular formula is C10H17NO. The normalized spacial score (nSPS) is 13.4. The van der Waals surface area contributed by atoms with E-state index < -0.39 is 0 Å². The SMILES string of the molecule is C=C/C=C(/OC(C)C)C(C)=NC. The highest BCUT2D eigenvalue weighted by molar-refractivity contribution is 5.96. The molecule has 0 spiro atoms. The second kappa shape index (κ2) is 5.58. The molecule has 0 radical (unpaired) electrons. The zero-order valence-corrected chi connectivity index (χ0v) is 8.29. The molecule has 0 aromatic rings. The highest BCUT2D eigenvalue weighted by Crippen LogP contribution is 2.04. The molecule has 0 fully saturated rings. The molecule has 68 valence electrons. The molecule has 0 saturated carbocycles. The maximum absolute atomic E-state index is 5.50. The number of hydrogen-bond donors (Lipinski definition) is 0. The third kappa shape index (κ3) is 3.96. The van der Waals surface area contributed by atoms with E-state index >= 15 is 0 Å². The Morgan fingerprint density at radius 2 is 2.08 bits per heavy atom. The zero-order chi connectivity index (χ0) is 9.56. The summed E-state index contributed by atoms with van der Waals surface area (Å²) in [6, 6.07) is 0. The van der Waals surface area contributed by atoms with Crippen LogP contribution in [0.3, 0.4) is 0 Å². The van der Waals surface area contributed by atoms with Crippen molar-refractivity contribution in [3.05, 3.63) is 24.5 Å². The second-order valence-corrected chi connectivity index (χ2v) is 2.74. The number of ether oxygens (including phenoxy) is 1. The molecule has 0 aromatic carbocycles. The van der Waals surface area contributed by atoms with Gasteiger partial charge in [0, 0.05) is 7.05 Å². The molecule has 0 aliphatic rings. The monoisotopic (exact) mass is 167 g/mol. The minimum absolute atomic E-state index is 0.174. The Bertz CT molecular complexity index is 202. The first-order valence-corrected chi connectivity index (χ1v) is 4.05. The van der Waals surface area contributed by atoms with Gasteiger partial charge in [0.2, 0.25) is 0 Å². The van der Waals surface area contributed by atoms with Gasteiger partial charge in [0.05, 0.1) is 11.8 Å². The predicted molar refractivity (Wildman–Crippen MR) is 53.5 cm³/mol. The van der Waals surface area contributed by atoms with Crippen LogP contribution in [0.5, 0.6) is 0 Å². The van der Waals surface area contributed by atoms with E-state index in [0.29, 0.717) is 0 Å². The maximum atomic E-state index is 5.50. The van der Waals surface area contributed by atoms with E-state index in [-0.39, 0.29) is 6.10 Å². The van der Waals surface area contributed by atoms with Crippen LogP contribution in [0, 0.1) is 0 Å². The van der Waals surface area contributed by atoms with Gasteiger partial charge in [-0.25, -0.2) is 0 Å². The van der Waals surface area contributed by atoms with Crippen LogP contribution in [-0.2, 0) is 4.74 Å². The van der Waals surface area contributed by atoms with Crippen molar-refractivity contribution in [3.63, 3.8) is 0 Å². The van der Waals surface area contributed by atoms with E-state index in [1.165, 1.54) is 0 Å². The van der Waals surface area contributed by atoms with Crippen LogP contribution >= 0.6 is 0 Å². The summed E-state index contributed by atoms with van der Waals surface area (Å²) in [5, 5.41) is 0. The summed E-state index contributed by atoms with van der Waals surface area (Å²) in [5.74, 6) is 0.794. The van der Waals surface area contributed by atoms with Crippen LogP contribution in [0.4, 0.5) is 0 Å². The minimum Gasteiger partial charge on any atom is -0.489 e. The van der Waals surface area contributed by atoms with Gasteiger partial charge in [-0.15, -0.1) is 0 Å². The Kier molecular flexibility index (Phi) is 5.09. The van der Waals surface area contributed by atoms with Crippen molar-refractivity contribution in [2.75, 3.05) is 7.05 Å². The van der Waals surface area contributed by atoms with Crippen LogP contribution in [-0.4, -0.2) is 18.9 Å². The van der Waals surface area contributed by atoms with Gasteiger partial charge < -0.3 is 4.74 Å². The van der Waals surface area contributed by atoms with Crippen LogP contribution in [0.25, 0.3) is 0 Å². The van der Waals surface area contributed by atoms with Crippen molar-refractivity contribution < 1.29 is 4.74 Å². The molecule has 0 atom stereocenters. The summed E-state index contributed by atoms with van der Waals surface area (Å²) in [5.41, 5.74) is 0.892. The molecule has 0 amide bonds. The van der Waals surface area contributed by atoms with Crippen LogP contribution in [0.1, 0.15) is 20.8 Å². The molecule has 0 heterocycles. The number of hydrogen-bond acceptors (Lipinski definition) is 2. The van der Waals surface area contributed by atoms with E-state index in [1.807, 2.05) is 26.8 Å². The molecule has 0 aliphatic carbocycles. The summed E-state index contributed by atoms with van der Waals surface area (Å²) in [4.78, 5) is 4.04. The average Bonchev–Trinajstić information content (AvgIpc) is 2.01. The van der Waals surface area contributed by atoms with Gasteiger partial charge in [0.1, 0.15) is 5.76 Å². The largest absolute Gasteiger partial charge is 0.489 e. The van der Waals surface area contributed by atoms with Crippen LogP contribution in [0.2, 0.25) is 0 Å². The number of rotatable bonds is 4. The lowest BCUT2D eigenvalue weighted by molar-refractivity contribution is 0.163. The van der Waals surface area contributed by atoms with E-state index in [0.717, 1.165) is 11.5 Å². The lowest BCUT2D eigenvalue weighted by Crippen LogP contribution is -2.08. The van der Waals surface area contributed by atoms with E-state index in [2.05, 4.69) is 11.6 Å². The Labute approximate surface area is 74.7 Å². The number of allylic oxidation sites excluding steroid dienone is 3. The molecule has 0 saturated heterocycles. The van der Waals surface area contributed by atoms with Gasteiger partial charge in [0.25, 0.3) is 0 Å². The Hall–Kier alpha value is -1.05. The highest BCUT2D eigenvalue weighted by atomic mass is 16.5. The van der Waals surface area contributed by atoms with Gasteiger partial charge in [-0.3, -0.25) is 4.99 Å². The smallest absolute Gasteiger partial charge is 0.140 e. The lowest BCUT2D eigenvalue weighted by atomic mass is 10.3. The summed E-state index contributed by atoms with van der Waals surface area (Å²) in [6.07, 6.45) is 3.70. The van der Waals surface area contributed by atoms with Gasteiger partial charge in [-0.2, -0.15) is 0 Å². The Balaban J connectivity index is 4.45. The molecule has 2 nitrogen and oxygen atoms in total. The van der Waals surface area contributed by atoms with Gasteiger partial charge >= 0.3 is 0 Å². The average molecular weight is 167 g/mol. The van der Waals surface area contributed by atoms with Crippen molar-refractivity contribution in [2.24, 2.45) is 4.99 Å². The minimum atomic E-state index is 0.174. The van der Waals surface area contributed by atoms with Crippen molar-refractivity contribution in [3.8, 4) is 0 Å². The van der Waals surface area contributed by atoms with Crippen molar-refractivity contribution >= 4 is 5.71 Å². The first-order chi connectivity index (χ1) is 5.61. The third-order valence-corrected chi connectivity index (χ3v) is 1.32. The standard InChI is InChI=1S/C10H17NO/c1-6-7-10(9(4)11-5)12-8(2)3/h6-8H,1H2,2-5H3/b10-7+,11-9?. The maximum Gasteiger partial charge on any atom is 0.140 e. The Morgan fingerprint density at radius 1 is 1.50 bits per heavy atom. The van der Waals surface area contributed by atoms with Crippen molar-refractivity contribution in [1.29, 1.82) is 0 Å². The molecule has 0 bridgehead atoms. The van der Waals surface area contributed by atoms with E-state index in [4.69, 9.17) is 4.74 Å². The molecule has 2 heteroatoms. The topological polar surface area (TPSA) is 21.6 Å². The summed E-state index contributed by atoms with van der Waals surface area (Å²) in [6.45, 7) is 9.50. The molecule has 0 N–H and O–H groups in total. The van der Waals surface area contributed by atoms with Gasteiger partial charge in [-0.1, -0.05) is 12.7 Å². The van der Waals surface area contributed by atoms with E-state index in [1.54, 1.807) is 13.1 Å². The fraction of sp³-hybridized carbons (Fsp3) is 0.500. The molecular weight excluding hydrogens is 150 g/mol.